The molecule has 0 unspecified atom stereocenters. The van der Waals surface area contributed by atoms with Crippen molar-refractivity contribution in [1.29, 1.82) is 0 Å². The Morgan fingerprint density at radius 2 is 2.05 bits per heavy atom. The Hall–Kier alpha value is -1.57. The summed E-state index contributed by atoms with van der Waals surface area (Å²) in [5, 5.41) is 1.90. The van der Waals surface area contributed by atoms with Crippen LogP contribution < -0.4 is 4.31 Å². The number of thiophene rings is 1. The zero-order valence-corrected chi connectivity index (χ0v) is 13.6. The number of sulfonamides is 1. The minimum Gasteiger partial charge on any atom is -0.465 e. The van der Waals surface area contributed by atoms with Gasteiger partial charge in [0.05, 0.1) is 23.4 Å². The lowest BCUT2D eigenvalue weighted by Crippen LogP contribution is -2.26. The molecule has 0 saturated carbocycles. The van der Waals surface area contributed by atoms with E-state index < -0.39 is 16.0 Å². The number of benzene rings is 1. The first-order valence-electron chi connectivity index (χ1n) is 5.78. The molecule has 1 aromatic carbocycles. The lowest BCUT2D eigenvalue weighted by molar-refractivity contribution is 0.0601. The van der Waals surface area contributed by atoms with E-state index in [1.165, 1.54) is 38.4 Å². The van der Waals surface area contributed by atoms with Gasteiger partial charge in [0.1, 0.15) is 4.21 Å². The molecule has 5 nitrogen and oxygen atoms in total. The Morgan fingerprint density at radius 1 is 1.33 bits per heavy atom. The molecule has 0 aliphatic rings. The average Bonchev–Trinajstić information content (AvgIpc) is 3.01. The summed E-state index contributed by atoms with van der Waals surface area (Å²) in [6, 6.07) is 7.48. The van der Waals surface area contributed by atoms with Crippen LogP contribution in [-0.4, -0.2) is 28.5 Å². The summed E-state index contributed by atoms with van der Waals surface area (Å²) in [5.41, 5.74) is 0.443. The van der Waals surface area contributed by atoms with E-state index in [4.69, 9.17) is 11.6 Å². The molecule has 1 aromatic heterocycles. The van der Waals surface area contributed by atoms with Crippen molar-refractivity contribution in [3.05, 3.63) is 46.3 Å². The van der Waals surface area contributed by atoms with Gasteiger partial charge < -0.3 is 4.74 Å². The molecule has 0 saturated heterocycles. The number of nitrogens with zero attached hydrogens (tertiary/aromatic N) is 1. The van der Waals surface area contributed by atoms with E-state index in [0.29, 0.717) is 0 Å². The first-order chi connectivity index (χ1) is 9.87. The number of hydrogen-bond acceptors (Lipinski definition) is 5. The van der Waals surface area contributed by atoms with Gasteiger partial charge in [-0.1, -0.05) is 17.7 Å². The predicted octanol–water partition coefficient (Wildman–Crippen LogP) is 3.01. The van der Waals surface area contributed by atoms with Gasteiger partial charge in [0.25, 0.3) is 10.0 Å². The fraction of sp³-hybridized carbons (Fsp3) is 0.154. The van der Waals surface area contributed by atoms with Gasteiger partial charge in [0, 0.05) is 7.05 Å². The fourth-order valence-electron chi connectivity index (χ4n) is 1.67. The Kier molecular flexibility index (Phi) is 4.55. The van der Waals surface area contributed by atoms with Crippen LogP contribution in [0.25, 0.3) is 0 Å². The molecule has 0 amide bonds. The molecule has 0 spiro atoms. The van der Waals surface area contributed by atoms with Crippen molar-refractivity contribution in [3.63, 3.8) is 0 Å². The first kappa shape index (κ1) is 15.8. The second kappa shape index (κ2) is 6.05. The van der Waals surface area contributed by atoms with Crippen molar-refractivity contribution in [2.24, 2.45) is 0 Å². The average molecular weight is 346 g/mol. The number of esters is 1. The van der Waals surface area contributed by atoms with Crippen LogP contribution >= 0.6 is 22.9 Å². The maximum atomic E-state index is 12.5. The van der Waals surface area contributed by atoms with E-state index in [1.54, 1.807) is 11.4 Å². The third kappa shape index (κ3) is 3.04. The van der Waals surface area contributed by atoms with Crippen LogP contribution in [0.4, 0.5) is 5.69 Å². The number of methoxy groups -OCH3 is 1. The molecule has 0 aliphatic carbocycles. The molecule has 0 atom stereocenters. The molecule has 1 heterocycles. The third-order valence-corrected chi connectivity index (χ3v) is 6.28. The van der Waals surface area contributed by atoms with E-state index in [2.05, 4.69) is 4.74 Å². The molecule has 0 aliphatic heterocycles. The van der Waals surface area contributed by atoms with Crippen molar-refractivity contribution >= 4 is 44.6 Å². The molecular weight excluding hydrogens is 334 g/mol. The van der Waals surface area contributed by atoms with Gasteiger partial charge in [-0.15, -0.1) is 11.3 Å². The van der Waals surface area contributed by atoms with Gasteiger partial charge in [-0.3, -0.25) is 4.31 Å². The zero-order chi connectivity index (χ0) is 15.6. The number of anilines is 1. The Labute approximate surface area is 131 Å². The molecule has 8 heteroatoms. The Morgan fingerprint density at radius 3 is 2.62 bits per heavy atom. The summed E-state index contributed by atoms with van der Waals surface area (Å²) in [6.45, 7) is 0. The number of carbonyl (C=O) groups is 1. The van der Waals surface area contributed by atoms with Gasteiger partial charge in [-0.25, -0.2) is 13.2 Å². The number of carbonyl (C=O) groups excluding carboxylic acids is 1. The summed E-state index contributed by atoms with van der Waals surface area (Å²) >= 11 is 7.16. The molecule has 112 valence electrons. The summed E-state index contributed by atoms with van der Waals surface area (Å²) in [5.74, 6) is -0.560. The van der Waals surface area contributed by atoms with Crippen molar-refractivity contribution in [1.82, 2.24) is 0 Å². The monoisotopic (exact) mass is 345 g/mol. The maximum absolute atomic E-state index is 12.5. The smallest absolute Gasteiger partial charge is 0.337 e. The maximum Gasteiger partial charge on any atom is 0.337 e. The highest BCUT2D eigenvalue weighted by molar-refractivity contribution is 7.94. The van der Waals surface area contributed by atoms with Gasteiger partial charge in [0.15, 0.2) is 0 Å². The number of rotatable bonds is 4. The lowest BCUT2D eigenvalue weighted by Gasteiger charge is -2.20. The van der Waals surface area contributed by atoms with Gasteiger partial charge in [-0.2, -0.15) is 0 Å². The highest BCUT2D eigenvalue weighted by Crippen LogP contribution is 2.31. The standard InChI is InChI=1S/C13H12ClNO4S2/c1-15(21(17,18)12-4-3-7-20-12)11-8-9(13(16)19-2)5-6-10(11)14/h3-8H,1-2H3. The third-order valence-electron chi connectivity index (χ3n) is 2.82. The van der Waals surface area contributed by atoms with Crippen LogP contribution in [0.2, 0.25) is 5.02 Å². The number of hydrogen-bond donors (Lipinski definition) is 0. The summed E-state index contributed by atoms with van der Waals surface area (Å²) in [7, 11) is -1.07. The van der Waals surface area contributed by atoms with Crippen LogP contribution in [0, 0.1) is 0 Å². The van der Waals surface area contributed by atoms with E-state index >= 15 is 0 Å². The minimum atomic E-state index is -3.71. The zero-order valence-electron chi connectivity index (χ0n) is 11.2. The fourth-order valence-corrected chi connectivity index (χ4v) is 4.34. The topological polar surface area (TPSA) is 63.7 Å². The summed E-state index contributed by atoms with van der Waals surface area (Å²) in [6.07, 6.45) is 0. The Balaban J connectivity index is 2.48. The van der Waals surface area contributed by atoms with E-state index in [0.717, 1.165) is 15.6 Å². The van der Waals surface area contributed by atoms with Crippen LogP contribution in [0.15, 0.2) is 39.9 Å². The van der Waals surface area contributed by atoms with Crippen molar-refractivity contribution in [3.8, 4) is 0 Å². The van der Waals surface area contributed by atoms with E-state index in [1.807, 2.05) is 0 Å². The van der Waals surface area contributed by atoms with Crippen molar-refractivity contribution in [2.75, 3.05) is 18.5 Å². The first-order valence-corrected chi connectivity index (χ1v) is 8.48. The number of ether oxygens (including phenoxy) is 1. The van der Waals surface area contributed by atoms with Crippen LogP contribution in [-0.2, 0) is 14.8 Å². The highest BCUT2D eigenvalue weighted by atomic mass is 35.5. The number of halogens is 1. The van der Waals surface area contributed by atoms with Crippen LogP contribution in [0.3, 0.4) is 0 Å². The largest absolute Gasteiger partial charge is 0.465 e. The predicted molar refractivity (Wildman–Crippen MR) is 82.7 cm³/mol. The van der Waals surface area contributed by atoms with Crippen molar-refractivity contribution < 1.29 is 17.9 Å². The quantitative estimate of drug-likeness (QED) is 0.799. The van der Waals surface area contributed by atoms with Crippen LogP contribution in [0.5, 0.6) is 0 Å². The second-order valence-corrected chi connectivity index (χ2v) is 7.61. The van der Waals surface area contributed by atoms with Crippen LogP contribution in [0.1, 0.15) is 10.4 Å². The van der Waals surface area contributed by atoms with E-state index in [-0.39, 0.29) is 20.5 Å². The minimum absolute atomic E-state index is 0.199. The summed E-state index contributed by atoms with van der Waals surface area (Å²) < 4.78 is 30.8. The highest BCUT2D eigenvalue weighted by Gasteiger charge is 2.24. The molecule has 2 rings (SSSR count). The molecule has 0 radical (unpaired) electrons. The molecule has 0 fully saturated rings. The van der Waals surface area contributed by atoms with E-state index in [9.17, 15) is 13.2 Å². The molecule has 0 bridgehead atoms. The summed E-state index contributed by atoms with van der Waals surface area (Å²) in [4.78, 5) is 11.5. The van der Waals surface area contributed by atoms with Gasteiger partial charge >= 0.3 is 5.97 Å². The van der Waals surface area contributed by atoms with Gasteiger partial charge in [0.2, 0.25) is 0 Å². The molecule has 2 aromatic rings. The molecular formula is C13H12ClNO4S2. The molecule has 21 heavy (non-hydrogen) atoms. The SMILES string of the molecule is COC(=O)c1ccc(Cl)c(N(C)S(=O)(=O)c2cccs2)c1. The normalized spacial score (nSPS) is 11.2. The lowest BCUT2D eigenvalue weighted by atomic mass is 10.2. The van der Waals surface area contributed by atoms with Gasteiger partial charge in [-0.05, 0) is 29.6 Å². The second-order valence-electron chi connectivity index (χ2n) is 4.06. The Bertz CT molecular complexity index is 756. The van der Waals surface area contributed by atoms with Crippen molar-refractivity contribution in [2.45, 2.75) is 4.21 Å². The molecule has 0 N–H and O–H groups in total.